The van der Waals surface area contributed by atoms with Gasteiger partial charge in [0.25, 0.3) is 0 Å². The molecule has 2 rings (SSSR count). The molecule has 1 heterocycles. The van der Waals surface area contributed by atoms with Gasteiger partial charge in [-0.2, -0.15) is 13.2 Å². The minimum absolute atomic E-state index is 0.0353. The second-order valence-electron chi connectivity index (χ2n) is 6.33. The molecule has 1 fully saturated rings. The van der Waals surface area contributed by atoms with Gasteiger partial charge in [0.1, 0.15) is 0 Å². The highest BCUT2D eigenvalue weighted by Crippen LogP contribution is 2.29. The predicted octanol–water partition coefficient (Wildman–Crippen LogP) is 3.42. The molecule has 1 aliphatic heterocycles. The van der Waals surface area contributed by atoms with Crippen molar-refractivity contribution in [2.24, 2.45) is 0 Å². The lowest BCUT2D eigenvalue weighted by Crippen LogP contribution is -2.56. The molecule has 0 saturated carbocycles. The molecule has 25 heavy (non-hydrogen) atoms. The Balaban J connectivity index is 1.81. The Morgan fingerprint density at radius 2 is 2.16 bits per heavy atom. The summed E-state index contributed by atoms with van der Waals surface area (Å²) in [6, 6.07) is 5.62. The third kappa shape index (κ3) is 5.92. The van der Waals surface area contributed by atoms with Crippen LogP contribution in [-0.2, 0) is 12.6 Å². The Hall–Kier alpha value is -1.76. The largest absolute Gasteiger partial charge is 0.416 e. The highest BCUT2D eigenvalue weighted by Gasteiger charge is 2.30. The van der Waals surface area contributed by atoms with E-state index in [1.54, 1.807) is 6.07 Å². The topological polar surface area (TPSA) is 44.4 Å². The molecule has 0 aliphatic carbocycles. The monoisotopic (exact) mass is 357 g/mol. The number of aryl methyl sites for hydroxylation is 1. The van der Waals surface area contributed by atoms with E-state index >= 15 is 0 Å². The number of piperazine rings is 1. The lowest BCUT2D eigenvalue weighted by atomic mass is 10.0. The zero-order valence-corrected chi connectivity index (χ0v) is 14.5. The first-order valence-electron chi connectivity index (χ1n) is 8.83. The summed E-state index contributed by atoms with van der Waals surface area (Å²) in [5, 5.41) is 6.13. The van der Waals surface area contributed by atoms with Gasteiger partial charge < -0.3 is 15.5 Å². The average Bonchev–Trinajstić information content (AvgIpc) is 2.59. The lowest BCUT2D eigenvalue weighted by molar-refractivity contribution is -0.137. The zero-order chi connectivity index (χ0) is 18.3. The van der Waals surface area contributed by atoms with Crippen LogP contribution in [0, 0.1) is 0 Å². The van der Waals surface area contributed by atoms with Crippen molar-refractivity contribution in [3.05, 3.63) is 35.4 Å². The van der Waals surface area contributed by atoms with E-state index in [4.69, 9.17) is 0 Å². The first kappa shape index (κ1) is 19.6. The third-order valence-electron chi connectivity index (χ3n) is 4.45. The van der Waals surface area contributed by atoms with E-state index in [2.05, 4.69) is 10.6 Å². The van der Waals surface area contributed by atoms with E-state index in [1.807, 2.05) is 11.8 Å². The average molecular weight is 357 g/mol. The van der Waals surface area contributed by atoms with Crippen molar-refractivity contribution in [2.75, 3.05) is 26.2 Å². The molecule has 2 amide bonds. The van der Waals surface area contributed by atoms with Gasteiger partial charge in [-0.15, -0.1) is 0 Å². The fourth-order valence-electron chi connectivity index (χ4n) is 3.15. The Kier molecular flexibility index (Phi) is 7.11. The molecule has 1 atom stereocenters. The number of hydrogen-bond donors (Lipinski definition) is 2. The number of unbranched alkanes of at least 4 members (excludes halogenated alkanes) is 1. The van der Waals surface area contributed by atoms with Gasteiger partial charge >= 0.3 is 12.2 Å². The fraction of sp³-hybridized carbons (Fsp3) is 0.611. The van der Waals surface area contributed by atoms with Gasteiger partial charge in [0.15, 0.2) is 0 Å². The summed E-state index contributed by atoms with van der Waals surface area (Å²) in [7, 11) is 0. The minimum atomic E-state index is -4.29. The molecule has 0 spiro atoms. The molecule has 0 bridgehead atoms. The van der Waals surface area contributed by atoms with Crippen LogP contribution < -0.4 is 10.6 Å². The number of hydrogen-bond acceptors (Lipinski definition) is 2. The molecule has 1 aliphatic rings. The van der Waals surface area contributed by atoms with Gasteiger partial charge in [-0.3, -0.25) is 0 Å². The van der Waals surface area contributed by atoms with Gasteiger partial charge in [0, 0.05) is 32.2 Å². The van der Waals surface area contributed by atoms with Gasteiger partial charge in [-0.25, -0.2) is 4.79 Å². The SMILES string of the molecule is CCNC(=O)N1CCNCC1CCCCc1cccc(C(F)(F)F)c1. The molecule has 1 saturated heterocycles. The Bertz CT molecular complexity index is 563. The van der Waals surface area contributed by atoms with Crippen molar-refractivity contribution in [2.45, 2.75) is 44.8 Å². The van der Waals surface area contributed by atoms with E-state index in [1.165, 1.54) is 12.1 Å². The van der Waals surface area contributed by atoms with Crippen molar-refractivity contribution in [3.63, 3.8) is 0 Å². The van der Waals surface area contributed by atoms with Crippen molar-refractivity contribution in [1.82, 2.24) is 15.5 Å². The molecule has 2 N–H and O–H groups in total. The smallest absolute Gasteiger partial charge is 0.338 e. The van der Waals surface area contributed by atoms with Crippen molar-refractivity contribution in [3.8, 4) is 0 Å². The number of benzene rings is 1. The second-order valence-corrected chi connectivity index (χ2v) is 6.33. The van der Waals surface area contributed by atoms with Crippen molar-refractivity contribution in [1.29, 1.82) is 0 Å². The maximum absolute atomic E-state index is 12.7. The Labute approximate surface area is 146 Å². The molecule has 140 valence electrons. The molecule has 1 aromatic carbocycles. The first-order chi connectivity index (χ1) is 11.9. The Morgan fingerprint density at radius 3 is 2.88 bits per heavy atom. The highest BCUT2D eigenvalue weighted by molar-refractivity contribution is 5.74. The molecular weight excluding hydrogens is 331 g/mol. The molecule has 0 aromatic heterocycles. The summed E-state index contributed by atoms with van der Waals surface area (Å²) >= 11 is 0. The van der Waals surface area contributed by atoms with Crippen LogP contribution in [0.15, 0.2) is 24.3 Å². The van der Waals surface area contributed by atoms with Gasteiger partial charge in [-0.1, -0.05) is 24.6 Å². The maximum atomic E-state index is 12.7. The maximum Gasteiger partial charge on any atom is 0.416 e. The first-order valence-corrected chi connectivity index (χ1v) is 8.83. The van der Waals surface area contributed by atoms with E-state index in [0.717, 1.165) is 38.4 Å². The highest BCUT2D eigenvalue weighted by atomic mass is 19.4. The number of urea groups is 1. The number of alkyl halides is 3. The van der Waals surface area contributed by atoms with Crippen LogP contribution in [0.25, 0.3) is 0 Å². The van der Waals surface area contributed by atoms with Crippen LogP contribution in [0.2, 0.25) is 0 Å². The van der Waals surface area contributed by atoms with Crippen molar-refractivity contribution >= 4 is 6.03 Å². The van der Waals surface area contributed by atoms with Gasteiger partial charge in [-0.05, 0) is 37.8 Å². The summed E-state index contributed by atoms with van der Waals surface area (Å²) < 4.78 is 38.2. The van der Waals surface area contributed by atoms with Crippen LogP contribution >= 0.6 is 0 Å². The molecule has 1 aromatic rings. The molecule has 7 heteroatoms. The molecule has 0 radical (unpaired) electrons. The van der Waals surface area contributed by atoms with E-state index in [-0.39, 0.29) is 12.1 Å². The lowest BCUT2D eigenvalue weighted by Gasteiger charge is -2.36. The third-order valence-corrected chi connectivity index (χ3v) is 4.45. The van der Waals surface area contributed by atoms with Crippen LogP contribution in [0.1, 0.15) is 37.3 Å². The zero-order valence-electron chi connectivity index (χ0n) is 14.5. The van der Waals surface area contributed by atoms with Crippen LogP contribution in [0.4, 0.5) is 18.0 Å². The van der Waals surface area contributed by atoms with Gasteiger partial charge in [0.2, 0.25) is 0 Å². The van der Waals surface area contributed by atoms with Crippen LogP contribution in [-0.4, -0.2) is 43.2 Å². The van der Waals surface area contributed by atoms with Crippen LogP contribution in [0.5, 0.6) is 0 Å². The van der Waals surface area contributed by atoms with Crippen molar-refractivity contribution < 1.29 is 18.0 Å². The summed E-state index contributed by atoms with van der Waals surface area (Å²) in [5.74, 6) is 0. The normalized spacial score (nSPS) is 18.2. The number of carbonyl (C=O) groups excluding carboxylic acids is 1. The number of carbonyl (C=O) groups is 1. The summed E-state index contributed by atoms with van der Waals surface area (Å²) in [4.78, 5) is 13.9. The number of rotatable bonds is 6. The number of nitrogens with one attached hydrogen (secondary N) is 2. The number of nitrogens with zero attached hydrogens (tertiary/aromatic N) is 1. The van der Waals surface area contributed by atoms with E-state index in [0.29, 0.717) is 25.1 Å². The molecule has 1 unspecified atom stereocenters. The van der Waals surface area contributed by atoms with E-state index < -0.39 is 11.7 Å². The fourth-order valence-corrected chi connectivity index (χ4v) is 3.15. The minimum Gasteiger partial charge on any atom is -0.338 e. The Morgan fingerprint density at radius 1 is 1.36 bits per heavy atom. The summed E-state index contributed by atoms with van der Waals surface area (Å²) in [5.41, 5.74) is 0.112. The van der Waals surface area contributed by atoms with Crippen LogP contribution in [0.3, 0.4) is 0 Å². The number of amides is 2. The standard InChI is InChI=1S/C18H26F3N3O/c1-2-23-17(25)24-11-10-22-13-16(24)9-4-3-6-14-7-5-8-15(12-14)18(19,20)21/h5,7-8,12,16,22H,2-4,6,9-11,13H2,1H3,(H,23,25). The van der Waals surface area contributed by atoms with Gasteiger partial charge in [0.05, 0.1) is 5.56 Å². The quantitative estimate of drug-likeness (QED) is 0.766. The molecule has 4 nitrogen and oxygen atoms in total. The summed E-state index contributed by atoms with van der Waals surface area (Å²) in [6.45, 7) is 4.73. The second kappa shape index (κ2) is 9.08. The molecular formula is C18H26F3N3O. The number of halogens is 3. The predicted molar refractivity (Wildman–Crippen MR) is 91.4 cm³/mol. The van der Waals surface area contributed by atoms with E-state index in [9.17, 15) is 18.0 Å². The summed E-state index contributed by atoms with van der Waals surface area (Å²) in [6.07, 6.45) is -1.15.